The van der Waals surface area contributed by atoms with E-state index >= 15 is 0 Å². The first kappa shape index (κ1) is 13.3. The van der Waals surface area contributed by atoms with Crippen molar-refractivity contribution in [2.45, 2.75) is 25.8 Å². The SMILES string of the molecule is Cc1cccc(C=CC(=O)NC(C(=O)O)C2CC2)c1. The molecule has 0 spiro atoms. The second-order valence-corrected chi connectivity index (χ2v) is 4.91. The zero-order valence-electron chi connectivity index (χ0n) is 10.8. The largest absolute Gasteiger partial charge is 0.480 e. The smallest absolute Gasteiger partial charge is 0.326 e. The summed E-state index contributed by atoms with van der Waals surface area (Å²) in [5.41, 5.74) is 2.04. The highest BCUT2D eigenvalue weighted by atomic mass is 16.4. The molecule has 0 bridgehead atoms. The minimum Gasteiger partial charge on any atom is -0.480 e. The lowest BCUT2D eigenvalue weighted by molar-refractivity contribution is -0.141. The number of aryl methyl sites for hydroxylation is 1. The second kappa shape index (κ2) is 5.69. The van der Waals surface area contributed by atoms with Crippen molar-refractivity contribution in [2.75, 3.05) is 0 Å². The van der Waals surface area contributed by atoms with Gasteiger partial charge in [-0.25, -0.2) is 4.79 Å². The summed E-state index contributed by atoms with van der Waals surface area (Å²) >= 11 is 0. The number of nitrogens with one attached hydrogen (secondary N) is 1. The number of aliphatic carboxylic acids is 1. The number of amides is 1. The van der Waals surface area contributed by atoms with Gasteiger partial charge in [0.1, 0.15) is 6.04 Å². The average Bonchev–Trinajstić information content (AvgIpc) is 3.17. The summed E-state index contributed by atoms with van der Waals surface area (Å²) in [4.78, 5) is 22.7. The van der Waals surface area contributed by atoms with E-state index in [1.54, 1.807) is 6.08 Å². The van der Waals surface area contributed by atoms with E-state index in [1.165, 1.54) is 6.08 Å². The van der Waals surface area contributed by atoms with Gasteiger partial charge in [0.05, 0.1) is 0 Å². The van der Waals surface area contributed by atoms with Crippen molar-refractivity contribution < 1.29 is 14.7 Å². The molecule has 0 aliphatic heterocycles. The predicted octanol–water partition coefficient (Wildman–Crippen LogP) is 1.99. The van der Waals surface area contributed by atoms with E-state index in [0.717, 1.165) is 24.0 Å². The van der Waals surface area contributed by atoms with Gasteiger partial charge in [-0.15, -0.1) is 0 Å². The standard InChI is InChI=1S/C15H17NO3/c1-10-3-2-4-11(9-10)5-8-13(17)16-14(15(18)19)12-6-7-12/h2-5,8-9,12,14H,6-7H2,1H3,(H,16,17)(H,18,19). The molecule has 4 heteroatoms. The van der Waals surface area contributed by atoms with E-state index in [4.69, 9.17) is 5.11 Å². The Morgan fingerprint density at radius 3 is 2.74 bits per heavy atom. The van der Waals surface area contributed by atoms with E-state index in [-0.39, 0.29) is 11.8 Å². The van der Waals surface area contributed by atoms with Crippen LogP contribution in [-0.2, 0) is 9.59 Å². The fourth-order valence-electron chi connectivity index (χ4n) is 1.96. The van der Waals surface area contributed by atoms with Crippen LogP contribution in [0, 0.1) is 12.8 Å². The van der Waals surface area contributed by atoms with Crippen LogP contribution in [0.1, 0.15) is 24.0 Å². The van der Waals surface area contributed by atoms with Gasteiger partial charge < -0.3 is 10.4 Å². The van der Waals surface area contributed by atoms with Crippen LogP contribution in [0.4, 0.5) is 0 Å². The molecular formula is C15H17NO3. The molecule has 2 N–H and O–H groups in total. The van der Waals surface area contributed by atoms with E-state index < -0.39 is 12.0 Å². The normalized spacial score (nSPS) is 16.3. The molecule has 1 unspecified atom stereocenters. The molecule has 0 heterocycles. The van der Waals surface area contributed by atoms with Gasteiger partial charge in [-0.05, 0) is 37.3 Å². The molecule has 1 fully saturated rings. The molecule has 0 radical (unpaired) electrons. The number of carboxylic acid groups (broad SMARTS) is 1. The highest BCUT2D eigenvalue weighted by Crippen LogP contribution is 2.32. The first-order valence-electron chi connectivity index (χ1n) is 6.34. The van der Waals surface area contributed by atoms with Crippen molar-refractivity contribution in [1.82, 2.24) is 5.32 Å². The molecule has 1 aliphatic rings. The molecule has 1 amide bonds. The number of carbonyl (C=O) groups excluding carboxylic acids is 1. The summed E-state index contributed by atoms with van der Waals surface area (Å²) in [5, 5.41) is 11.6. The Kier molecular flexibility index (Phi) is 4.00. The average molecular weight is 259 g/mol. The Bertz CT molecular complexity index is 518. The van der Waals surface area contributed by atoms with E-state index in [9.17, 15) is 9.59 Å². The Morgan fingerprint density at radius 1 is 1.42 bits per heavy atom. The number of benzene rings is 1. The third kappa shape index (κ3) is 3.95. The van der Waals surface area contributed by atoms with Crippen molar-refractivity contribution in [3.05, 3.63) is 41.5 Å². The first-order chi connectivity index (χ1) is 9.06. The quantitative estimate of drug-likeness (QED) is 0.795. The Labute approximate surface area is 112 Å². The van der Waals surface area contributed by atoms with Crippen LogP contribution in [0.25, 0.3) is 6.08 Å². The monoisotopic (exact) mass is 259 g/mol. The van der Waals surface area contributed by atoms with Crippen LogP contribution in [0.15, 0.2) is 30.3 Å². The molecule has 0 aromatic heterocycles. The summed E-state index contributed by atoms with van der Waals surface area (Å²) < 4.78 is 0. The Balaban J connectivity index is 1.95. The zero-order valence-corrected chi connectivity index (χ0v) is 10.8. The van der Waals surface area contributed by atoms with Crippen LogP contribution >= 0.6 is 0 Å². The highest BCUT2D eigenvalue weighted by molar-refractivity contribution is 5.94. The van der Waals surface area contributed by atoms with Gasteiger partial charge in [0.15, 0.2) is 0 Å². The molecule has 1 aromatic rings. The lowest BCUT2D eigenvalue weighted by atomic mass is 10.1. The van der Waals surface area contributed by atoms with Crippen molar-refractivity contribution >= 4 is 18.0 Å². The number of carboxylic acids is 1. The van der Waals surface area contributed by atoms with E-state index in [0.29, 0.717) is 0 Å². The fourth-order valence-corrected chi connectivity index (χ4v) is 1.96. The molecule has 2 rings (SSSR count). The number of hydrogen-bond acceptors (Lipinski definition) is 2. The molecule has 1 atom stereocenters. The Hall–Kier alpha value is -2.10. The van der Waals surface area contributed by atoms with Crippen LogP contribution in [0.2, 0.25) is 0 Å². The molecular weight excluding hydrogens is 242 g/mol. The Morgan fingerprint density at radius 2 is 2.16 bits per heavy atom. The van der Waals surface area contributed by atoms with Crippen molar-refractivity contribution in [2.24, 2.45) is 5.92 Å². The first-order valence-corrected chi connectivity index (χ1v) is 6.34. The van der Waals surface area contributed by atoms with Gasteiger partial charge in [-0.3, -0.25) is 4.79 Å². The summed E-state index contributed by atoms with van der Waals surface area (Å²) in [7, 11) is 0. The minimum absolute atomic E-state index is 0.0915. The van der Waals surface area contributed by atoms with Gasteiger partial charge in [0.2, 0.25) is 5.91 Å². The van der Waals surface area contributed by atoms with Gasteiger partial charge in [0.25, 0.3) is 0 Å². The van der Waals surface area contributed by atoms with Crippen molar-refractivity contribution in [3.63, 3.8) is 0 Å². The van der Waals surface area contributed by atoms with E-state index in [2.05, 4.69) is 5.32 Å². The third-order valence-corrected chi connectivity index (χ3v) is 3.13. The van der Waals surface area contributed by atoms with Crippen LogP contribution in [-0.4, -0.2) is 23.0 Å². The van der Waals surface area contributed by atoms with Crippen LogP contribution < -0.4 is 5.32 Å². The van der Waals surface area contributed by atoms with Crippen LogP contribution in [0.5, 0.6) is 0 Å². The highest BCUT2D eigenvalue weighted by Gasteiger charge is 2.36. The molecule has 0 saturated heterocycles. The molecule has 4 nitrogen and oxygen atoms in total. The molecule has 1 aromatic carbocycles. The predicted molar refractivity (Wildman–Crippen MR) is 72.5 cm³/mol. The molecule has 1 aliphatic carbocycles. The van der Waals surface area contributed by atoms with E-state index in [1.807, 2.05) is 31.2 Å². The summed E-state index contributed by atoms with van der Waals surface area (Å²) in [6.45, 7) is 1.98. The molecule has 19 heavy (non-hydrogen) atoms. The second-order valence-electron chi connectivity index (χ2n) is 4.91. The van der Waals surface area contributed by atoms with Gasteiger partial charge in [-0.1, -0.05) is 29.8 Å². The number of carbonyl (C=O) groups is 2. The topological polar surface area (TPSA) is 66.4 Å². The van der Waals surface area contributed by atoms with Crippen molar-refractivity contribution in [3.8, 4) is 0 Å². The number of rotatable bonds is 5. The maximum atomic E-state index is 11.7. The summed E-state index contributed by atoms with van der Waals surface area (Å²) in [6, 6.07) is 6.99. The lowest BCUT2D eigenvalue weighted by Gasteiger charge is -2.11. The maximum absolute atomic E-state index is 11.7. The van der Waals surface area contributed by atoms with Crippen LogP contribution in [0.3, 0.4) is 0 Å². The molecule has 1 saturated carbocycles. The number of hydrogen-bond donors (Lipinski definition) is 2. The molecule has 100 valence electrons. The summed E-state index contributed by atoms with van der Waals surface area (Å²) in [6.07, 6.45) is 4.82. The zero-order chi connectivity index (χ0) is 13.8. The lowest BCUT2D eigenvalue weighted by Crippen LogP contribution is -2.41. The van der Waals surface area contributed by atoms with Crippen molar-refractivity contribution in [1.29, 1.82) is 0 Å². The minimum atomic E-state index is -0.959. The third-order valence-electron chi connectivity index (χ3n) is 3.13. The maximum Gasteiger partial charge on any atom is 0.326 e. The fraction of sp³-hybridized carbons (Fsp3) is 0.333. The summed E-state index contributed by atoms with van der Waals surface area (Å²) in [5.74, 6) is -1.23. The van der Waals surface area contributed by atoms with Gasteiger partial charge in [0, 0.05) is 6.08 Å². The van der Waals surface area contributed by atoms with Gasteiger partial charge in [-0.2, -0.15) is 0 Å². The van der Waals surface area contributed by atoms with Gasteiger partial charge >= 0.3 is 5.97 Å².